The Bertz CT molecular complexity index is 218. The highest BCUT2D eigenvalue weighted by atomic mass is 127. The molecule has 0 radical (unpaired) electrons. The summed E-state index contributed by atoms with van der Waals surface area (Å²) < 4.78 is 5.98. The van der Waals surface area contributed by atoms with Crippen LogP contribution in [0.4, 0.5) is 0 Å². The van der Waals surface area contributed by atoms with E-state index in [1.54, 1.807) is 0 Å². The molecule has 3 heteroatoms. The van der Waals surface area contributed by atoms with E-state index in [1.807, 2.05) is 0 Å². The average molecular weight is 311 g/mol. The highest BCUT2D eigenvalue weighted by molar-refractivity contribution is 14.1. The molecule has 84 valence electrons. The fourth-order valence-electron chi connectivity index (χ4n) is 1.60. The van der Waals surface area contributed by atoms with Crippen LogP contribution in [0.1, 0.15) is 41.5 Å². The van der Waals surface area contributed by atoms with Crippen LogP contribution in [-0.2, 0) is 4.74 Å². The number of nitrogens with one attached hydrogen (secondary N) is 1. The maximum Gasteiger partial charge on any atom is 0.113 e. The van der Waals surface area contributed by atoms with Crippen LogP contribution in [0.15, 0.2) is 0 Å². The van der Waals surface area contributed by atoms with Crippen LogP contribution in [0.25, 0.3) is 0 Å². The van der Waals surface area contributed by atoms with Crippen LogP contribution in [0.2, 0.25) is 0 Å². The van der Waals surface area contributed by atoms with Gasteiger partial charge in [0.05, 0.1) is 6.61 Å². The van der Waals surface area contributed by atoms with Crippen LogP contribution in [-0.4, -0.2) is 21.8 Å². The first-order chi connectivity index (χ1) is 6.06. The first-order valence-corrected chi connectivity index (χ1v) is 6.25. The molecule has 0 aromatic rings. The summed E-state index contributed by atoms with van der Waals surface area (Å²) in [5, 5.41) is 3.55. The molecule has 1 aliphatic rings. The molecule has 1 atom stereocenters. The second kappa shape index (κ2) is 3.59. The third kappa shape index (κ3) is 2.42. The molecule has 0 aromatic heterocycles. The van der Waals surface area contributed by atoms with Gasteiger partial charge in [0.1, 0.15) is 5.72 Å². The first kappa shape index (κ1) is 12.7. The van der Waals surface area contributed by atoms with Crippen LogP contribution in [0.3, 0.4) is 0 Å². The Morgan fingerprint density at radius 2 is 1.79 bits per heavy atom. The quantitative estimate of drug-likeness (QED) is 0.625. The van der Waals surface area contributed by atoms with Gasteiger partial charge in [0, 0.05) is 9.46 Å². The zero-order valence-corrected chi connectivity index (χ0v) is 12.2. The minimum Gasteiger partial charge on any atom is -0.360 e. The topological polar surface area (TPSA) is 21.3 Å². The number of hydrogen-bond donors (Lipinski definition) is 1. The molecule has 2 nitrogen and oxygen atoms in total. The summed E-state index contributed by atoms with van der Waals surface area (Å²) in [7, 11) is 0. The summed E-state index contributed by atoms with van der Waals surface area (Å²) in [4.78, 5) is 0. The van der Waals surface area contributed by atoms with Crippen LogP contribution >= 0.6 is 22.6 Å². The van der Waals surface area contributed by atoms with Gasteiger partial charge < -0.3 is 4.74 Å². The lowest BCUT2D eigenvalue weighted by atomic mass is 9.75. The Labute approximate surface area is 101 Å². The fraction of sp³-hybridized carbons (Fsp3) is 1.00. The van der Waals surface area contributed by atoms with E-state index in [2.05, 4.69) is 69.5 Å². The van der Waals surface area contributed by atoms with Gasteiger partial charge in [-0.1, -0.05) is 50.3 Å². The first-order valence-electron chi connectivity index (χ1n) is 5.17. The molecule has 1 N–H and O–H groups in total. The molecule has 14 heavy (non-hydrogen) atoms. The van der Waals surface area contributed by atoms with Crippen LogP contribution < -0.4 is 5.32 Å². The predicted octanol–water partition coefficient (Wildman–Crippen LogP) is 2.95. The smallest absolute Gasteiger partial charge is 0.113 e. The number of rotatable bonds is 2. The van der Waals surface area contributed by atoms with Crippen LogP contribution in [0, 0.1) is 5.41 Å². The van der Waals surface area contributed by atoms with E-state index in [0.717, 1.165) is 6.61 Å². The fourth-order valence-corrected chi connectivity index (χ4v) is 1.97. The number of halogens is 1. The Morgan fingerprint density at radius 1 is 1.29 bits per heavy atom. The minimum atomic E-state index is -0.163. The molecule has 0 aromatic carbocycles. The van der Waals surface area contributed by atoms with Gasteiger partial charge in [-0.15, -0.1) is 0 Å². The number of alkyl halides is 1. The molecule has 1 heterocycles. The lowest BCUT2D eigenvalue weighted by Crippen LogP contribution is -2.52. The molecule has 1 unspecified atom stereocenters. The minimum absolute atomic E-state index is 0.163. The Balaban J connectivity index is 2.77. The normalized spacial score (nSPS) is 28.1. The average Bonchev–Trinajstić information content (AvgIpc) is 2.28. The van der Waals surface area contributed by atoms with E-state index in [-0.39, 0.29) is 14.6 Å². The molecule has 1 fully saturated rings. The van der Waals surface area contributed by atoms with Crippen molar-refractivity contribution in [2.45, 2.75) is 56.7 Å². The van der Waals surface area contributed by atoms with Gasteiger partial charge in [-0.2, -0.15) is 0 Å². The number of hydrogen-bond acceptors (Lipinski definition) is 2. The van der Waals surface area contributed by atoms with Crippen molar-refractivity contribution in [1.82, 2.24) is 5.32 Å². The van der Waals surface area contributed by atoms with Crippen molar-refractivity contribution in [2.24, 2.45) is 5.41 Å². The maximum absolute atomic E-state index is 5.72. The zero-order chi connectivity index (χ0) is 11.2. The predicted molar refractivity (Wildman–Crippen MR) is 68.8 cm³/mol. The van der Waals surface area contributed by atoms with Crippen molar-refractivity contribution in [3.05, 3.63) is 0 Å². The van der Waals surface area contributed by atoms with E-state index < -0.39 is 0 Å². The van der Waals surface area contributed by atoms with Crippen molar-refractivity contribution < 1.29 is 4.74 Å². The molecule has 1 rings (SSSR count). The summed E-state index contributed by atoms with van der Waals surface area (Å²) in [5.41, 5.74) is 0.0607. The van der Waals surface area contributed by atoms with Gasteiger partial charge in [-0.25, -0.2) is 0 Å². The monoisotopic (exact) mass is 311 g/mol. The molecule has 0 aliphatic carbocycles. The summed E-state index contributed by atoms with van der Waals surface area (Å²) in [6.45, 7) is 14.2. The standard InChI is InChI=1S/C11H22INO/c1-9(2,10(3,4)12)8-7-14-11(5,6)13-8/h8,13H,7H2,1-6H3. The second-order valence-electron chi connectivity index (χ2n) is 5.71. The van der Waals surface area contributed by atoms with Crippen molar-refractivity contribution in [3.8, 4) is 0 Å². The van der Waals surface area contributed by atoms with Gasteiger partial charge in [-0.3, -0.25) is 5.32 Å². The van der Waals surface area contributed by atoms with E-state index in [4.69, 9.17) is 4.74 Å². The molecule has 1 aliphatic heterocycles. The van der Waals surface area contributed by atoms with Gasteiger partial charge in [0.25, 0.3) is 0 Å². The highest BCUT2D eigenvalue weighted by Gasteiger charge is 2.46. The summed E-state index contributed by atoms with van der Waals surface area (Å²) in [6.07, 6.45) is 0. The summed E-state index contributed by atoms with van der Waals surface area (Å²) in [6, 6.07) is 0.435. The van der Waals surface area contributed by atoms with Crippen molar-refractivity contribution in [2.75, 3.05) is 6.61 Å². The van der Waals surface area contributed by atoms with Gasteiger partial charge in [0.15, 0.2) is 0 Å². The lowest BCUT2D eigenvalue weighted by Gasteiger charge is -2.42. The largest absolute Gasteiger partial charge is 0.360 e. The van der Waals surface area contributed by atoms with Gasteiger partial charge in [0.2, 0.25) is 0 Å². The van der Waals surface area contributed by atoms with Crippen LogP contribution in [0.5, 0.6) is 0 Å². The van der Waals surface area contributed by atoms with E-state index in [9.17, 15) is 0 Å². The van der Waals surface area contributed by atoms with Crippen molar-refractivity contribution in [1.29, 1.82) is 0 Å². The van der Waals surface area contributed by atoms with Gasteiger partial charge >= 0.3 is 0 Å². The van der Waals surface area contributed by atoms with E-state index in [1.165, 1.54) is 0 Å². The van der Waals surface area contributed by atoms with E-state index >= 15 is 0 Å². The van der Waals surface area contributed by atoms with E-state index in [0.29, 0.717) is 6.04 Å². The Hall–Kier alpha value is 0.650. The SMILES string of the molecule is CC1(C)NC(C(C)(C)C(C)(C)I)CO1. The van der Waals surface area contributed by atoms with Gasteiger partial charge in [-0.05, 0) is 19.3 Å². The Kier molecular flexibility index (Phi) is 3.27. The highest BCUT2D eigenvalue weighted by Crippen LogP contribution is 2.43. The molecule has 0 spiro atoms. The second-order valence-corrected chi connectivity index (χ2v) is 8.41. The number of ether oxygens (including phenoxy) is 1. The zero-order valence-electron chi connectivity index (χ0n) is 10.1. The maximum atomic E-state index is 5.72. The molecular formula is C11H22INO. The summed E-state index contributed by atoms with van der Waals surface area (Å²) >= 11 is 2.53. The molecule has 0 amide bonds. The lowest BCUT2D eigenvalue weighted by molar-refractivity contribution is 0.0226. The summed E-state index contributed by atoms with van der Waals surface area (Å²) in [5.74, 6) is 0. The van der Waals surface area contributed by atoms with Crippen molar-refractivity contribution >= 4 is 22.6 Å². The Morgan fingerprint density at radius 3 is 2.07 bits per heavy atom. The molecular weight excluding hydrogens is 289 g/mol. The molecule has 0 saturated carbocycles. The third-order valence-electron chi connectivity index (χ3n) is 3.54. The van der Waals surface area contributed by atoms with Crippen molar-refractivity contribution in [3.63, 3.8) is 0 Å². The molecule has 0 bridgehead atoms. The third-order valence-corrected chi connectivity index (χ3v) is 4.93. The molecule has 1 saturated heterocycles.